The second-order valence-electron chi connectivity index (χ2n) is 4.38. The molecule has 18 heavy (non-hydrogen) atoms. The maximum absolute atomic E-state index is 12.0. The fourth-order valence-corrected chi connectivity index (χ4v) is 4.07. The second-order valence-corrected chi connectivity index (χ2v) is 6.72. The van der Waals surface area contributed by atoms with Crippen molar-refractivity contribution in [3.63, 3.8) is 0 Å². The summed E-state index contributed by atoms with van der Waals surface area (Å²) < 4.78 is 7.22. The van der Waals surface area contributed by atoms with Crippen LogP contribution in [0.2, 0.25) is 0 Å². The highest BCUT2D eigenvalue weighted by atomic mass is 79.9. The lowest BCUT2D eigenvalue weighted by Crippen LogP contribution is -2.13. The highest BCUT2D eigenvalue weighted by molar-refractivity contribution is 9.11. The highest BCUT2D eigenvalue weighted by Gasteiger charge is 2.24. The molecular formula is C12H12BrNO3S. The lowest BCUT2D eigenvalue weighted by Gasteiger charge is -2.11. The molecule has 0 saturated carbocycles. The molecule has 2 aromatic rings. The van der Waals surface area contributed by atoms with Crippen molar-refractivity contribution >= 4 is 37.4 Å². The summed E-state index contributed by atoms with van der Waals surface area (Å²) in [5, 5.41) is 10.7. The third kappa shape index (κ3) is 1.71. The van der Waals surface area contributed by atoms with Crippen LogP contribution in [0.25, 0.3) is 10.1 Å². The van der Waals surface area contributed by atoms with Crippen molar-refractivity contribution in [2.45, 2.75) is 25.9 Å². The Bertz CT molecular complexity index is 674. The lowest BCUT2D eigenvalue weighted by molar-refractivity contribution is 0.193. The number of aliphatic hydroxyl groups excluding tert-OH is 1. The Kier molecular flexibility index (Phi) is 2.96. The number of aryl methyl sites for hydroxylation is 1. The predicted molar refractivity (Wildman–Crippen MR) is 74.6 cm³/mol. The molecule has 96 valence electrons. The summed E-state index contributed by atoms with van der Waals surface area (Å²) in [4.78, 5) is 14.8. The maximum Gasteiger partial charge on any atom is 0.266 e. The van der Waals surface area contributed by atoms with Gasteiger partial charge in [-0.2, -0.15) is 0 Å². The Labute approximate surface area is 116 Å². The van der Waals surface area contributed by atoms with Crippen molar-refractivity contribution in [2.24, 2.45) is 0 Å². The van der Waals surface area contributed by atoms with Crippen LogP contribution in [0.15, 0.2) is 8.58 Å². The first-order chi connectivity index (χ1) is 8.59. The van der Waals surface area contributed by atoms with E-state index in [1.807, 2.05) is 0 Å². The van der Waals surface area contributed by atoms with E-state index in [9.17, 15) is 9.90 Å². The van der Waals surface area contributed by atoms with Gasteiger partial charge in [0.25, 0.3) is 5.56 Å². The number of thiophene rings is 1. The largest absolute Gasteiger partial charge is 0.491 e. The van der Waals surface area contributed by atoms with Gasteiger partial charge in [0, 0.05) is 5.39 Å². The molecular weight excluding hydrogens is 318 g/mol. The highest BCUT2D eigenvalue weighted by Crippen LogP contribution is 2.44. The van der Waals surface area contributed by atoms with E-state index in [1.54, 1.807) is 6.92 Å². The first kappa shape index (κ1) is 12.2. The van der Waals surface area contributed by atoms with E-state index in [-0.39, 0.29) is 5.56 Å². The number of pyridine rings is 1. The smallest absolute Gasteiger partial charge is 0.266 e. The molecule has 3 rings (SSSR count). The zero-order chi connectivity index (χ0) is 12.9. The number of aliphatic hydroxyl groups is 1. The standard InChI is InChI=1S/C12H12BrNO3S/c1-5(15)8-6-3-2-4-17-9-7(6)10(12(16)14-8)18-11(9)13/h5,15H,2-4H2,1H3,(H,14,16). The molecule has 1 aliphatic rings. The molecule has 0 radical (unpaired) electrons. The molecule has 2 aromatic heterocycles. The number of ether oxygens (including phenoxy) is 1. The number of nitrogens with one attached hydrogen (secondary N) is 1. The zero-order valence-electron chi connectivity index (χ0n) is 9.75. The minimum atomic E-state index is -0.679. The molecule has 1 unspecified atom stereocenters. The van der Waals surface area contributed by atoms with Crippen LogP contribution in [-0.2, 0) is 6.42 Å². The Balaban J connectivity index is 2.47. The van der Waals surface area contributed by atoms with Gasteiger partial charge in [0.05, 0.1) is 18.4 Å². The minimum absolute atomic E-state index is 0.160. The van der Waals surface area contributed by atoms with Crippen molar-refractivity contribution < 1.29 is 9.84 Å². The average molecular weight is 330 g/mol. The number of aromatic nitrogens is 1. The molecule has 6 heteroatoms. The summed E-state index contributed by atoms with van der Waals surface area (Å²) in [6, 6.07) is 0. The van der Waals surface area contributed by atoms with Crippen molar-refractivity contribution in [3.05, 3.63) is 25.4 Å². The quantitative estimate of drug-likeness (QED) is 0.845. The summed E-state index contributed by atoms with van der Waals surface area (Å²) in [7, 11) is 0. The van der Waals surface area contributed by atoms with Gasteiger partial charge < -0.3 is 14.8 Å². The minimum Gasteiger partial charge on any atom is -0.491 e. The molecule has 4 nitrogen and oxygen atoms in total. The molecule has 0 aromatic carbocycles. The lowest BCUT2D eigenvalue weighted by atomic mass is 10.0. The van der Waals surface area contributed by atoms with Gasteiger partial charge in [-0.25, -0.2) is 0 Å². The molecule has 0 fully saturated rings. The SMILES string of the molecule is CC(O)c1[nH]c(=O)c2sc(Br)c3c2c1CCCO3. The molecule has 1 aliphatic heterocycles. The van der Waals surface area contributed by atoms with Gasteiger partial charge in [0.15, 0.2) is 5.75 Å². The topological polar surface area (TPSA) is 62.3 Å². The molecule has 3 heterocycles. The van der Waals surface area contributed by atoms with E-state index in [4.69, 9.17) is 4.74 Å². The van der Waals surface area contributed by atoms with Crippen LogP contribution in [0.5, 0.6) is 5.75 Å². The summed E-state index contributed by atoms with van der Waals surface area (Å²) in [5.74, 6) is 0.746. The molecule has 0 bridgehead atoms. The third-order valence-electron chi connectivity index (χ3n) is 3.14. The summed E-state index contributed by atoms with van der Waals surface area (Å²) in [5.41, 5.74) is 1.46. The monoisotopic (exact) mass is 329 g/mol. The van der Waals surface area contributed by atoms with Crippen LogP contribution in [0.1, 0.15) is 30.7 Å². The normalized spacial score (nSPS) is 16.4. The zero-order valence-corrected chi connectivity index (χ0v) is 12.2. The summed E-state index contributed by atoms with van der Waals surface area (Å²) in [6.45, 7) is 2.30. The fourth-order valence-electron chi connectivity index (χ4n) is 2.38. The van der Waals surface area contributed by atoms with E-state index in [2.05, 4.69) is 20.9 Å². The molecule has 2 N–H and O–H groups in total. The Morgan fingerprint density at radius 1 is 1.56 bits per heavy atom. The van der Waals surface area contributed by atoms with Gasteiger partial charge >= 0.3 is 0 Å². The van der Waals surface area contributed by atoms with Crippen LogP contribution in [-0.4, -0.2) is 16.7 Å². The van der Waals surface area contributed by atoms with Crippen LogP contribution >= 0.6 is 27.3 Å². The van der Waals surface area contributed by atoms with E-state index in [0.717, 1.165) is 33.3 Å². The van der Waals surface area contributed by atoms with Gasteiger partial charge in [0.1, 0.15) is 8.49 Å². The van der Waals surface area contributed by atoms with Crippen LogP contribution < -0.4 is 10.3 Å². The summed E-state index contributed by atoms with van der Waals surface area (Å²) >= 11 is 4.83. The molecule has 1 atom stereocenters. The molecule has 0 aliphatic carbocycles. The number of rotatable bonds is 1. The van der Waals surface area contributed by atoms with Gasteiger partial charge in [-0.05, 0) is 41.3 Å². The van der Waals surface area contributed by atoms with Gasteiger partial charge in [0.2, 0.25) is 0 Å². The molecule has 0 saturated heterocycles. The number of hydrogen-bond donors (Lipinski definition) is 2. The van der Waals surface area contributed by atoms with Gasteiger partial charge in [-0.3, -0.25) is 4.79 Å². The predicted octanol–water partition coefficient (Wildman–Crippen LogP) is 2.73. The summed E-state index contributed by atoms with van der Waals surface area (Å²) in [6.07, 6.45) is 1.01. The maximum atomic E-state index is 12.0. The van der Waals surface area contributed by atoms with Crippen molar-refractivity contribution in [1.82, 2.24) is 4.98 Å². The van der Waals surface area contributed by atoms with Gasteiger partial charge in [-0.15, -0.1) is 11.3 Å². The first-order valence-corrected chi connectivity index (χ1v) is 7.38. The number of halogens is 1. The fraction of sp³-hybridized carbons (Fsp3) is 0.417. The Hall–Kier alpha value is -0.850. The van der Waals surface area contributed by atoms with Crippen molar-refractivity contribution in [2.75, 3.05) is 6.61 Å². The van der Waals surface area contributed by atoms with Crippen LogP contribution in [0, 0.1) is 0 Å². The van der Waals surface area contributed by atoms with E-state index >= 15 is 0 Å². The van der Waals surface area contributed by atoms with Crippen molar-refractivity contribution in [1.29, 1.82) is 0 Å². The molecule has 0 amide bonds. The first-order valence-electron chi connectivity index (χ1n) is 5.77. The number of hydrogen-bond acceptors (Lipinski definition) is 4. The molecule has 0 spiro atoms. The van der Waals surface area contributed by atoms with E-state index in [1.165, 1.54) is 11.3 Å². The Morgan fingerprint density at radius 3 is 3.06 bits per heavy atom. The van der Waals surface area contributed by atoms with Crippen LogP contribution in [0.4, 0.5) is 0 Å². The van der Waals surface area contributed by atoms with Crippen molar-refractivity contribution in [3.8, 4) is 5.75 Å². The number of aromatic amines is 1. The van der Waals surface area contributed by atoms with Gasteiger partial charge in [-0.1, -0.05) is 0 Å². The third-order valence-corrected chi connectivity index (χ3v) is 4.94. The van der Waals surface area contributed by atoms with E-state index in [0.29, 0.717) is 17.0 Å². The second kappa shape index (κ2) is 4.36. The average Bonchev–Trinajstić information content (AvgIpc) is 2.53. The number of H-pyrrole nitrogens is 1. The Morgan fingerprint density at radius 2 is 2.33 bits per heavy atom. The van der Waals surface area contributed by atoms with Crippen LogP contribution in [0.3, 0.4) is 0 Å². The van der Waals surface area contributed by atoms with E-state index < -0.39 is 6.10 Å².